The Kier molecular flexibility index (Phi) is 6.64. The van der Waals surface area contributed by atoms with E-state index in [1.807, 2.05) is 38.2 Å². The molecule has 0 radical (unpaired) electrons. The number of anilines is 1. The molecule has 0 spiro atoms. The van der Waals surface area contributed by atoms with Gasteiger partial charge in [0.05, 0.1) is 6.54 Å². The number of hydrogen-bond acceptors (Lipinski definition) is 5. The van der Waals surface area contributed by atoms with Crippen LogP contribution in [0, 0.1) is 12.7 Å². The standard InChI is InChI=1S/C23H24F3N5O2/c1-15-3-7-18(8-4-15)31(23(32)30-11-9-29(2)10-12-30)14-17-6-5-16(13-19(17)24)21-27-28-22(33-21)20(25)26/h3-8,13,20H,9-12,14H2,1-2H3. The van der Waals surface area contributed by atoms with Crippen LogP contribution in [0.3, 0.4) is 0 Å². The summed E-state index contributed by atoms with van der Waals surface area (Å²) < 4.78 is 45.3. The number of rotatable bonds is 5. The van der Waals surface area contributed by atoms with Crippen molar-refractivity contribution < 1.29 is 22.4 Å². The number of amides is 2. The number of aryl methyl sites for hydroxylation is 1. The average Bonchev–Trinajstić information content (AvgIpc) is 3.30. The fourth-order valence-electron chi connectivity index (χ4n) is 3.58. The van der Waals surface area contributed by atoms with Gasteiger partial charge in [-0.3, -0.25) is 4.90 Å². The number of nitrogens with zero attached hydrogens (tertiary/aromatic N) is 5. The van der Waals surface area contributed by atoms with Gasteiger partial charge in [0.15, 0.2) is 0 Å². The van der Waals surface area contributed by atoms with E-state index in [4.69, 9.17) is 4.42 Å². The maximum atomic E-state index is 15.0. The molecule has 174 valence electrons. The average molecular weight is 459 g/mol. The third-order valence-corrected chi connectivity index (χ3v) is 5.61. The molecule has 3 aromatic rings. The van der Waals surface area contributed by atoms with Crippen LogP contribution in [-0.2, 0) is 6.54 Å². The summed E-state index contributed by atoms with van der Waals surface area (Å²) in [4.78, 5) is 18.8. The Morgan fingerprint density at radius 2 is 1.79 bits per heavy atom. The van der Waals surface area contributed by atoms with E-state index in [-0.39, 0.29) is 29.6 Å². The SMILES string of the molecule is Cc1ccc(N(Cc2ccc(-c3nnc(C(F)F)o3)cc2F)C(=O)N2CCN(C)CC2)cc1. The molecule has 1 aliphatic heterocycles. The number of piperazine rings is 1. The first kappa shape index (κ1) is 22.8. The summed E-state index contributed by atoms with van der Waals surface area (Å²) in [7, 11) is 2.00. The third kappa shape index (κ3) is 5.16. The van der Waals surface area contributed by atoms with Gasteiger partial charge in [0.2, 0.25) is 5.89 Å². The summed E-state index contributed by atoms with van der Waals surface area (Å²) in [6, 6.07) is 11.4. The molecule has 1 aromatic heterocycles. The monoisotopic (exact) mass is 459 g/mol. The molecule has 0 saturated carbocycles. The zero-order chi connectivity index (χ0) is 23.5. The minimum atomic E-state index is -2.90. The van der Waals surface area contributed by atoms with E-state index in [1.54, 1.807) is 9.80 Å². The Morgan fingerprint density at radius 3 is 2.39 bits per heavy atom. The van der Waals surface area contributed by atoms with Crippen molar-refractivity contribution >= 4 is 11.7 Å². The number of hydrogen-bond donors (Lipinski definition) is 0. The van der Waals surface area contributed by atoms with E-state index in [0.717, 1.165) is 24.7 Å². The molecule has 4 rings (SSSR count). The number of halogens is 3. The molecule has 1 aliphatic rings. The van der Waals surface area contributed by atoms with Gasteiger partial charge in [0, 0.05) is 43.0 Å². The first-order valence-electron chi connectivity index (χ1n) is 10.5. The van der Waals surface area contributed by atoms with Gasteiger partial charge in [0.25, 0.3) is 5.89 Å². The molecule has 2 heterocycles. The highest BCUT2D eigenvalue weighted by Crippen LogP contribution is 2.27. The summed E-state index contributed by atoms with van der Waals surface area (Å²) in [5, 5.41) is 6.82. The minimum absolute atomic E-state index is 0.00641. The summed E-state index contributed by atoms with van der Waals surface area (Å²) >= 11 is 0. The second kappa shape index (κ2) is 9.62. The van der Waals surface area contributed by atoms with Crippen LogP contribution in [0.4, 0.5) is 23.7 Å². The lowest BCUT2D eigenvalue weighted by atomic mass is 10.1. The van der Waals surface area contributed by atoms with Crippen molar-refractivity contribution in [2.45, 2.75) is 19.9 Å². The van der Waals surface area contributed by atoms with Crippen LogP contribution in [0.1, 0.15) is 23.4 Å². The predicted octanol–water partition coefficient (Wildman–Crippen LogP) is 4.50. The first-order chi connectivity index (χ1) is 15.8. The summed E-state index contributed by atoms with van der Waals surface area (Å²) in [6.07, 6.45) is -2.90. The zero-order valence-corrected chi connectivity index (χ0v) is 18.3. The lowest BCUT2D eigenvalue weighted by Crippen LogP contribution is -2.52. The zero-order valence-electron chi connectivity index (χ0n) is 18.3. The molecule has 33 heavy (non-hydrogen) atoms. The number of urea groups is 1. The predicted molar refractivity (Wildman–Crippen MR) is 116 cm³/mol. The lowest BCUT2D eigenvalue weighted by molar-refractivity contribution is 0.116. The fraction of sp³-hybridized carbons (Fsp3) is 0.348. The van der Waals surface area contributed by atoms with Crippen LogP contribution in [0.2, 0.25) is 0 Å². The van der Waals surface area contributed by atoms with Crippen molar-refractivity contribution in [3.63, 3.8) is 0 Å². The second-order valence-electron chi connectivity index (χ2n) is 8.05. The van der Waals surface area contributed by atoms with E-state index in [9.17, 15) is 13.6 Å². The Balaban J connectivity index is 1.60. The van der Waals surface area contributed by atoms with Crippen molar-refractivity contribution in [1.29, 1.82) is 0 Å². The molecular formula is C23H24F3N5O2. The Hall–Kier alpha value is -3.40. The topological polar surface area (TPSA) is 65.7 Å². The van der Waals surface area contributed by atoms with E-state index < -0.39 is 18.1 Å². The van der Waals surface area contributed by atoms with Gasteiger partial charge in [0.1, 0.15) is 5.82 Å². The van der Waals surface area contributed by atoms with Crippen LogP contribution < -0.4 is 4.90 Å². The summed E-state index contributed by atoms with van der Waals surface area (Å²) in [5.41, 5.74) is 2.16. The largest absolute Gasteiger partial charge is 0.415 e. The number of alkyl halides is 2. The van der Waals surface area contributed by atoms with Gasteiger partial charge in [-0.2, -0.15) is 8.78 Å². The highest BCUT2D eigenvalue weighted by molar-refractivity contribution is 5.92. The molecule has 1 fully saturated rings. The lowest BCUT2D eigenvalue weighted by Gasteiger charge is -2.36. The van der Waals surface area contributed by atoms with Crippen LogP contribution >= 0.6 is 0 Å². The number of carbonyl (C=O) groups is 1. The number of likely N-dealkylation sites (N-methyl/N-ethyl adjacent to an activating group) is 1. The fourth-order valence-corrected chi connectivity index (χ4v) is 3.58. The van der Waals surface area contributed by atoms with E-state index in [2.05, 4.69) is 15.1 Å². The Morgan fingerprint density at radius 1 is 1.09 bits per heavy atom. The second-order valence-corrected chi connectivity index (χ2v) is 8.05. The molecule has 10 heteroatoms. The molecule has 7 nitrogen and oxygen atoms in total. The smallest absolute Gasteiger partial charge is 0.324 e. The first-order valence-corrected chi connectivity index (χ1v) is 10.5. The van der Waals surface area contributed by atoms with Crippen molar-refractivity contribution in [3.05, 3.63) is 65.3 Å². The molecule has 0 N–H and O–H groups in total. The van der Waals surface area contributed by atoms with Gasteiger partial charge in [-0.15, -0.1) is 10.2 Å². The molecule has 0 atom stereocenters. The molecule has 0 bridgehead atoms. The van der Waals surface area contributed by atoms with Gasteiger partial charge in [-0.25, -0.2) is 9.18 Å². The summed E-state index contributed by atoms with van der Waals surface area (Å²) in [6.45, 7) is 4.66. The summed E-state index contributed by atoms with van der Waals surface area (Å²) in [5.74, 6) is -1.62. The molecule has 2 aromatic carbocycles. The van der Waals surface area contributed by atoms with Gasteiger partial charge in [-0.05, 0) is 38.2 Å². The van der Waals surface area contributed by atoms with E-state index in [0.29, 0.717) is 18.8 Å². The van der Waals surface area contributed by atoms with E-state index >= 15 is 4.39 Å². The Bertz CT molecular complexity index is 1110. The van der Waals surface area contributed by atoms with Crippen molar-refractivity contribution in [1.82, 2.24) is 20.0 Å². The molecule has 0 aliphatic carbocycles. The quantitative estimate of drug-likeness (QED) is 0.562. The maximum absolute atomic E-state index is 15.0. The maximum Gasteiger partial charge on any atom is 0.324 e. The highest BCUT2D eigenvalue weighted by Gasteiger charge is 2.26. The van der Waals surface area contributed by atoms with E-state index in [1.165, 1.54) is 12.1 Å². The van der Waals surface area contributed by atoms with Crippen LogP contribution in [0.5, 0.6) is 0 Å². The number of benzene rings is 2. The molecular weight excluding hydrogens is 435 g/mol. The number of carbonyl (C=O) groups excluding carboxylic acids is 1. The van der Waals surface area contributed by atoms with Crippen LogP contribution in [0.15, 0.2) is 46.9 Å². The normalized spacial score (nSPS) is 14.7. The minimum Gasteiger partial charge on any atom is -0.415 e. The van der Waals surface area contributed by atoms with Gasteiger partial charge < -0.3 is 14.2 Å². The third-order valence-electron chi connectivity index (χ3n) is 5.61. The van der Waals surface area contributed by atoms with Gasteiger partial charge in [-0.1, -0.05) is 23.8 Å². The molecule has 1 saturated heterocycles. The van der Waals surface area contributed by atoms with Crippen molar-refractivity contribution in [3.8, 4) is 11.5 Å². The van der Waals surface area contributed by atoms with Crippen LogP contribution in [0.25, 0.3) is 11.5 Å². The molecule has 2 amide bonds. The number of aromatic nitrogens is 2. The highest BCUT2D eigenvalue weighted by atomic mass is 19.3. The van der Waals surface area contributed by atoms with Crippen molar-refractivity contribution in [2.24, 2.45) is 0 Å². The molecule has 0 unspecified atom stereocenters. The Labute approximate surface area is 189 Å². The van der Waals surface area contributed by atoms with Crippen LogP contribution in [-0.4, -0.2) is 59.3 Å². The van der Waals surface area contributed by atoms with Gasteiger partial charge >= 0.3 is 12.5 Å². The van der Waals surface area contributed by atoms with Crippen molar-refractivity contribution in [2.75, 3.05) is 38.1 Å².